The number of rotatable bonds is 8. The molecule has 1 aromatic carbocycles. The van der Waals surface area contributed by atoms with Crippen molar-refractivity contribution < 1.29 is 9.53 Å². The van der Waals surface area contributed by atoms with Gasteiger partial charge in [0.25, 0.3) is 0 Å². The average molecular weight is 263 g/mol. The summed E-state index contributed by atoms with van der Waals surface area (Å²) in [5, 5.41) is 3.10. The molecule has 0 spiro atoms. The van der Waals surface area contributed by atoms with Crippen LogP contribution >= 0.6 is 0 Å². The largest absolute Gasteiger partial charge is 0.462 e. The third-order valence-corrected chi connectivity index (χ3v) is 3.16. The molecule has 0 aliphatic rings. The Labute approximate surface area is 116 Å². The predicted octanol–water partition coefficient (Wildman–Crippen LogP) is 3.04. The fraction of sp³-hybridized carbons (Fsp3) is 0.562. The lowest BCUT2D eigenvalue weighted by Crippen LogP contribution is -2.16. The van der Waals surface area contributed by atoms with Gasteiger partial charge in [-0.2, -0.15) is 0 Å². The molecule has 0 saturated carbocycles. The van der Waals surface area contributed by atoms with Crippen LogP contribution in [0, 0.1) is 5.92 Å². The second kappa shape index (κ2) is 8.70. The number of hydrogen-bond donors (Lipinski definition) is 1. The van der Waals surface area contributed by atoms with Crippen LogP contribution in [0.4, 0.5) is 0 Å². The summed E-state index contributed by atoms with van der Waals surface area (Å²) in [6.45, 7) is 5.62. The normalized spacial score (nSPS) is 12.2. The van der Waals surface area contributed by atoms with Gasteiger partial charge in [0.1, 0.15) is 0 Å². The monoisotopic (exact) mass is 263 g/mol. The highest BCUT2D eigenvalue weighted by molar-refractivity contribution is 5.91. The van der Waals surface area contributed by atoms with Crippen LogP contribution in [0.5, 0.6) is 0 Å². The van der Waals surface area contributed by atoms with Crippen molar-refractivity contribution in [3.05, 3.63) is 35.4 Å². The fourth-order valence-corrected chi connectivity index (χ4v) is 2.07. The Balaban J connectivity index is 2.60. The van der Waals surface area contributed by atoms with Crippen LogP contribution in [0.3, 0.4) is 0 Å². The van der Waals surface area contributed by atoms with Crippen LogP contribution in [-0.4, -0.2) is 26.2 Å². The second-order valence-electron chi connectivity index (χ2n) is 5.00. The predicted molar refractivity (Wildman–Crippen MR) is 78.4 cm³/mol. The molecule has 0 heterocycles. The summed E-state index contributed by atoms with van der Waals surface area (Å²) < 4.78 is 5.40. The van der Waals surface area contributed by atoms with E-state index < -0.39 is 0 Å². The summed E-state index contributed by atoms with van der Waals surface area (Å²) in [6, 6.07) is 7.68. The lowest BCUT2D eigenvalue weighted by Gasteiger charge is -2.13. The maximum Gasteiger partial charge on any atom is 0.338 e. The minimum absolute atomic E-state index is 0.199. The summed E-state index contributed by atoms with van der Waals surface area (Å²) in [7, 11) is 1.91. The molecule has 0 aliphatic heterocycles. The summed E-state index contributed by atoms with van der Waals surface area (Å²) in [5.74, 6) is 0.230. The van der Waals surface area contributed by atoms with Crippen LogP contribution in [0.2, 0.25) is 0 Å². The SMILES string of the molecule is CCCC(C)COC(=O)c1ccccc1CCNC. The van der Waals surface area contributed by atoms with E-state index in [1.54, 1.807) is 0 Å². The van der Waals surface area contributed by atoms with E-state index in [9.17, 15) is 4.79 Å². The molecular weight excluding hydrogens is 238 g/mol. The van der Waals surface area contributed by atoms with Crippen LogP contribution in [0.25, 0.3) is 0 Å². The van der Waals surface area contributed by atoms with Crippen LogP contribution in [-0.2, 0) is 11.2 Å². The topological polar surface area (TPSA) is 38.3 Å². The Hall–Kier alpha value is -1.35. The van der Waals surface area contributed by atoms with Gasteiger partial charge in [0.2, 0.25) is 0 Å². The molecular formula is C16H25NO2. The van der Waals surface area contributed by atoms with Gasteiger partial charge in [0, 0.05) is 0 Å². The van der Waals surface area contributed by atoms with Gasteiger partial charge in [-0.15, -0.1) is 0 Å². The number of carbonyl (C=O) groups excluding carboxylic acids is 1. The van der Waals surface area contributed by atoms with Gasteiger partial charge >= 0.3 is 5.97 Å². The van der Waals surface area contributed by atoms with Crippen LogP contribution < -0.4 is 5.32 Å². The Bertz CT molecular complexity index is 390. The van der Waals surface area contributed by atoms with Crippen molar-refractivity contribution in [2.75, 3.05) is 20.2 Å². The van der Waals surface area contributed by atoms with Crippen molar-refractivity contribution in [1.82, 2.24) is 5.32 Å². The van der Waals surface area contributed by atoms with E-state index in [1.807, 2.05) is 31.3 Å². The average Bonchev–Trinajstić information content (AvgIpc) is 2.43. The molecule has 1 atom stereocenters. The van der Waals surface area contributed by atoms with Crippen molar-refractivity contribution in [3.8, 4) is 0 Å². The molecule has 1 N–H and O–H groups in total. The fourth-order valence-electron chi connectivity index (χ4n) is 2.07. The third-order valence-electron chi connectivity index (χ3n) is 3.16. The van der Waals surface area contributed by atoms with Gasteiger partial charge in [0.05, 0.1) is 12.2 Å². The Kier molecular flexibility index (Phi) is 7.19. The van der Waals surface area contributed by atoms with Crippen LogP contribution in [0.1, 0.15) is 42.6 Å². The summed E-state index contributed by atoms with van der Waals surface area (Å²) >= 11 is 0. The molecule has 0 saturated heterocycles. The number of carbonyl (C=O) groups is 1. The maximum atomic E-state index is 12.1. The molecule has 3 heteroatoms. The van der Waals surface area contributed by atoms with E-state index in [-0.39, 0.29) is 5.97 Å². The Morgan fingerprint density at radius 3 is 2.79 bits per heavy atom. The van der Waals surface area contributed by atoms with Crippen molar-refractivity contribution in [1.29, 1.82) is 0 Å². The second-order valence-corrected chi connectivity index (χ2v) is 5.00. The Morgan fingerprint density at radius 1 is 1.37 bits per heavy atom. The van der Waals surface area contributed by atoms with E-state index in [4.69, 9.17) is 4.74 Å². The highest BCUT2D eigenvalue weighted by Crippen LogP contribution is 2.13. The molecule has 0 bridgehead atoms. The lowest BCUT2D eigenvalue weighted by molar-refractivity contribution is 0.0442. The lowest BCUT2D eigenvalue weighted by atomic mass is 10.0. The minimum Gasteiger partial charge on any atom is -0.462 e. The van der Waals surface area contributed by atoms with E-state index in [1.165, 1.54) is 0 Å². The van der Waals surface area contributed by atoms with Gasteiger partial charge in [-0.1, -0.05) is 38.5 Å². The van der Waals surface area contributed by atoms with Crippen molar-refractivity contribution in [2.45, 2.75) is 33.1 Å². The van der Waals surface area contributed by atoms with Gasteiger partial charge < -0.3 is 10.1 Å². The number of benzene rings is 1. The van der Waals surface area contributed by atoms with E-state index in [0.29, 0.717) is 18.1 Å². The van der Waals surface area contributed by atoms with Crippen molar-refractivity contribution >= 4 is 5.97 Å². The van der Waals surface area contributed by atoms with Gasteiger partial charge in [-0.25, -0.2) is 4.79 Å². The Morgan fingerprint density at radius 2 is 2.11 bits per heavy atom. The summed E-state index contributed by atoms with van der Waals surface area (Å²) in [6.07, 6.45) is 3.05. The molecule has 0 aliphatic carbocycles. The summed E-state index contributed by atoms with van der Waals surface area (Å²) in [5.41, 5.74) is 1.74. The maximum absolute atomic E-state index is 12.1. The van der Waals surface area contributed by atoms with Gasteiger partial charge in [0.15, 0.2) is 0 Å². The van der Waals surface area contributed by atoms with E-state index in [2.05, 4.69) is 19.2 Å². The van der Waals surface area contributed by atoms with Crippen LogP contribution in [0.15, 0.2) is 24.3 Å². The minimum atomic E-state index is -0.199. The molecule has 106 valence electrons. The van der Waals surface area contributed by atoms with Crippen molar-refractivity contribution in [3.63, 3.8) is 0 Å². The molecule has 1 unspecified atom stereocenters. The van der Waals surface area contributed by atoms with Gasteiger partial charge in [-0.3, -0.25) is 0 Å². The van der Waals surface area contributed by atoms with E-state index >= 15 is 0 Å². The quantitative estimate of drug-likeness (QED) is 0.733. The standard InChI is InChI=1S/C16H25NO2/c1-4-7-13(2)12-19-16(18)15-9-6-5-8-14(15)10-11-17-3/h5-6,8-9,13,17H,4,7,10-12H2,1-3H3. The molecule has 0 amide bonds. The highest BCUT2D eigenvalue weighted by Gasteiger charge is 2.13. The molecule has 1 rings (SSSR count). The third kappa shape index (κ3) is 5.43. The number of ether oxygens (including phenoxy) is 1. The molecule has 0 radical (unpaired) electrons. The van der Waals surface area contributed by atoms with Gasteiger partial charge in [-0.05, 0) is 44.0 Å². The summed E-state index contributed by atoms with van der Waals surface area (Å²) in [4.78, 5) is 12.1. The first kappa shape index (κ1) is 15.7. The molecule has 0 fully saturated rings. The number of esters is 1. The number of likely N-dealkylation sites (N-methyl/N-ethyl adjacent to an activating group) is 1. The first-order chi connectivity index (χ1) is 9.19. The molecule has 1 aromatic rings. The highest BCUT2D eigenvalue weighted by atomic mass is 16.5. The molecule has 3 nitrogen and oxygen atoms in total. The number of nitrogens with one attached hydrogen (secondary N) is 1. The molecule has 0 aromatic heterocycles. The van der Waals surface area contributed by atoms with E-state index in [0.717, 1.165) is 31.4 Å². The zero-order valence-corrected chi connectivity index (χ0v) is 12.2. The smallest absolute Gasteiger partial charge is 0.338 e. The van der Waals surface area contributed by atoms with Crippen molar-refractivity contribution in [2.24, 2.45) is 5.92 Å². The zero-order chi connectivity index (χ0) is 14.1. The first-order valence-corrected chi connectivity index (χ1v) is 7.08. The zero-order valence-electron chi connectivity index (χ0n) is 12.2. The molecule has 19 heavy (non-hydrogen) atoms. The first-order valence-electron chi connectivity index (χ1n) is 7.08. The number of hydrogen-bond acceptors (Lipinski definition) is 3.